The SMILES string of the molecule is CC(C)(c1ccc(OCC2CO2)cc1)c1ccc(OCC2CO2)cc1.CCCC.CCCC.Cc1cc(-c2cc(C)c(OCC3CO3)c(C)c2)cc(C)c1OCC1CO1.Cc1ccccc1OCC1CO1.Cc1ccccc1OCC1CO1.Cc1ccccc1OCC1CO1.c1cc(OC2CC2)c2ccc(OC3CO3)cc2c1. The summed E-state index contributed by atoms with van der Waals surface area (Å²) in [6.07, 6.45) is 10.1. The molecule has 0 radical (unpaired) electrons. The minimum atomic E-state index is -0.0870. The van der Waals surface area contributed by atoms with Crippen molar-refractivity contribution in [3.63, 3.8) is 0 Å². The lowest BCUT2D eigenvalue weighted by molar-refractivity contribution is 0.179. The van der Waals surface area contributed by atoms with Crippen LogP contribution in [0.1, 0.15) is 130 Å². The minimum absolute atomic E-state index is 0.0478. The molecule has 1 aliphatic carbocycles. The number of fused-ring (bicyclic) bond motifs is 1. The summed E-state index contributed by atoms with van der Waals surface area (Å²) in [6, 6.07) is 61.7. The average Bonchev–Trinajstić information content (AvgIpc) is 1.82. The van der Waals surface area contributed by atoms with Gasteiger partial charge in [-0.2, -0.15) is 0 Å². The molecular weight excluding hydrogens is 1430 g/mol. The Morgan fingerprint density at radius 3 is 0.920 bits per heavy atom. The maximum atomic E-state index is 5.95. The van der Waals surface area contributed by atoms with Crippen molar-refractivity contribution >= 4 is 10.8 Å². The summed E-state index contributed by atoms with van der Waals surface area (Å²) in [6.45, 7) is 38.9. The van der Waals surface area contributed by atoms with Crippen molar-refractivity contribution in [2.45, 2.75) is 189 Å². The van der Waals surface area contributed by atoms with Crippen LogP contribution in [0, 0.1) is 48.5 Å². The van der Waals surface area contributed by atoms with Crippen molar-refractivity contribution in [3.8, 4) is 62.9 Å². The van der Waals surface area contributed by atoms with Crippen molar-refractivity contribution in [2.24, 2.45) is 0 Å². The van der Waals surface area contributed by atoms with Crippen LogP contribution in [-0.4, -0.2) is 154 Å². The Bertz CT molecular complexity index is 4010. The van der Waals surface area contributed by atoms with E-state index in [4.69, 9.17) is 80.5 Å². The standard InChI is InChI=1S/C22H26O4.C21H24O4.C15H14O3.3C10H12O2.2C4H10/c1-13-5-17(6-14(2)21(13)25-11-19-9-23-19)18-7-15(3)22(16(4)8-18)26-12-20-10-24-20;1-21(2,15-3-7-17(8-4-15)22-11-19-13-24-19)16-5-9-18(10-6-16)23-12-20-14-25-20;1-2-10-8-12(18-15-9-16-15)6-7-13(10)14(3-1)17-11-4-5-11;3*1-8-4-2-3-5-10(8)12-7-9-6-11-9;2*1-3-4-2/h5-8,19-20H,9-12H2,1-4H3;3-10,19-20H,11-14H2,1-2H3;1-3,6-8,11,15H,4-5,9H2;3*2-5,9H,6-7H2,1H3;2*3-4H2,1-2H3. The Labute approximate surface area is 670 Å². The largest absolute Gasteiger partial charge is 0.491 e. The van der Waals surface area contributed by atoms with Gasteiger partial charge >= 0.3 is 0 Å². The van der Waals surface area contributed by atoms with Gasteiger partial charge in [-0.1, -0.05) is 158 Å². The number of ether oxygens (including phenoxy) is 17. The summed E-state index contributed by atoms with van der Waals surface area (Å²) < 4.78 is 92.5. The molecule has 606 valence electrons. The second-order valence-corrected chi connectivity index (χ2v) is 30.6. The van der Waals surface area contributed by atoms with Gasteiger partial charge in [0.05, 0.1) is 52.4 Å². The molecule has 18 rings (SSSR count). The molecule has 0 spiro atoms. The quantitative estimate of drug-likeness (QED) is 0.0387. The third-order valence-electron chi connectivity index (χ3n) is 19.7. The predicted octanol–water partition coefficient (Wildman–Crippen LogP) is 19.8. The van der Waals surface area contributed by atoms with E-state index in [0.717, 1.165) is 131 Å². The number of epoxide rings is 8. The van der Waals surface area contributed by atoms with Crippen LogP contribution in [0.3, 0.4) is 0 Å². The monoisotopic (exact) mass is 1540 g/mol. The zero-order chi connectivity index (χ0) is 79.5. The zero-order valence-corrected chi connectivity index (χ0v) is 68.8. The highest BCUT2D eigenvalue weighted by molar-refractivity contribution is 5.89. The Morgan fingerprint density at radius 2 is 0.611 bits per heavy atom. The first-order valence-electron chi connectivity index (χ1n) is 40.7. The maximum Gasteiger partial charge on any atom is 0.223 e. The van der Waals surface area contributed by atoms with Crippen molar-refractivity contribution < 1.29 is 80.5 Å². The molecule has 9 aliphatic rings. The van der Waals surface area contributed by atoms with Crippen LogP contribution in [0.5, 0.6) is 51.7 Å². The Kier molecular flexibility index (Phi) is 32.4. The Hall–Kier alpha value is -8.88. The number of benzene rings is 9. The number of unbranched alkanes of at least 4 members (excludes halogenated alkanes) is 2. The molecule has 17 heteroatoms. The van der Waals surface area contributed by atoms with Crippen LogP contribution < -0.4 is 42.6 Å². The summed E-state index contributed by atoms with van der Waals surface area (Å²) in [5.41, 5.74) is 13.0. The molecular formula is C96H120O17. The van der Waals surface area contributed by atoms with Gasteiger partial charge in [0.1, 0.15) is 147 Å². The van der Waals surface area contributed by atoms with Crippen LogP contribution >= 0.6 is 0 Å². The predicted molar refractivity (Wildman–Crippen MR) is 445 cm³/mol. The first kappa shape index (κ1) is 85.0. The normalized spacial score (nSPS) is 20.2. The molecule has 9 fully saturated rings. The van der Waals surface area contributed by atoms with E-state index in [1.807, 2.05) is 142 Å². The average molecular weight is 1550 g/mol. The molecule has 9 aromatic carbocycles. The van der Waals surface area contributed by atoms with E-state index in [9.17, 15) is 0 Å². The lowest BCUT2D eigenvalue weighted by atomic mass is 9.78. The zero-order valence-electron chi connectivity index (χ0n) is 68.8. The smallest absolute Gasteiger partial charge is 0.223 e. The highest BCUT2D eigenvalue weighted by Crippen LogP contribution is 2.38. The van der Waals surface area contributed by atoms with Crippen LogP contribution in [-0.2, 0) is 43.3 Å². The van der Waals surface area contributed by atoms with Crippen molar-refractivity contribution in [1.82, 2.24) is 0 Å². The lowest BCUT2D eigenvalue weighted by Crippen LogP contribution is -2.18. The summed E-state index contributed by atoms with van der Waals surface area (Å²) in [4.78, 5) is 0. The number of hydrogen-bond donors (Lipinski definition) is 0. The fourth-order valence-electron chi connectivity index (χ4n) is 11.4. The molecule has 1 saturated carbocycles. The van der Waals surface area contributed by atoms with E-state index in [1.54, 1.807) is 0 Å². The van der Waals surface area contributed by atoms with E-state index >= 15 is 0 Å². The second kappa shape index (κ2) is 43.0. The van der Waals surface area contributed by atoms with E-state index < -0.39 is 0 Å². The molecule has 113 heavy (non-hydrogen) atoms. The summed E-state index contributed by atoms with van der Waals surface area (Å²) in [5, 5.41) is 2.29. The van der Waals surface area contributed by atoms with Crippen LogP contribution in [0.4, 0.5) is 0 Å². The number of para-hydroxylation sites is 3. The fourth-order valence-corrected chi connectivity index (χ4v) is 11.4. The maximum absolute atomic E-state index is 5.95. The molecule has 0 N–H and O–H groups in total. The molecule has 0 amide bonds. The van der Waals surface area contributed by atoms with Gasteiger partial charge in [0.15, 0.2) is 0 Å². The highest BCUT2D eigenvalue weighted by atomic mass is 16.8. The third-order valence-corrected chi connectivity index (χ3v) is 19.7. The molecule has 0 aromatic heterocycles. The van der Waals surface area contributed by atoms with E-state index in [0.29, 0.717) is 77.3 Å². The van der Waals surface area contributed by atoms with Gasteiger partial charge in [-0.3, -0.25) is 0 Å². The van der Waals surface area contributed by atoms with Gasteiger partial charge in [0, 0.05) is 10.8 Å². The van der Waals surface area contributed by atoms with E-state index in [1.165, 1.54) is 77.5 Å². The summed E-state index contributed by atoms with van der Waals surface area (Å²) in [5.74, 6) is 8.46. The number of aryl methyl sites for hydroxylation is 7. The van der Waals surface area contributed by atoms with Crippen molar-refractivity contribution in [1.29, 1.82) is 0 Å². The molecule has 17 nitrogen and oxygen atoms in total. The molecule has 8 heterocycles. The topological polar surface area (TPSA) is 183 Å². The van der Waals surface area contributed by atoms with E-state index in [2.05, 4.69) is 130 Å². The molecule has 8 unspecified atom stereocenters. The van der Waals surface area contributed by atoms with Gasteiger partial charge < -0.3 is 80.5 Å². The molecule has 8 atom stereocenters. The van der Waals surface area contributed by atoms with Crippen LogP contribution in [0.15, 0.2) is 182 Å². The first-order valence-corrected chi connectivity index (χ1v) is 40.7. The van der Waals surface area contributed by atoms with Gasteiger partial charge in [0.25, 0.3) is 0 Å². The fraction of sp³-hybridized carbons (Fsp3) is 0.458. The summed E-state index contributed by atoms with van der Waals surface area (Å²) in [7, 11) is 0. The van der Waals surface area contributed by atoms with Gasteiger partial charge in [-0.15, -0.1) is 0 Å². The highest BCUT2D eigenvalue weighted by Gasteiger charge is 2.31. The van der Waals surface area contributed by atoms with Gasteiger partial charge in [-0.05, 0) is 219 Å². The van der Waals surface area contributed by atoms with Crippen LogP contribution in [0.2, 0.25) is 0 Å². The number of rotatable bonds is 30. The summed E-state index contributed by atoms with van der Waals surface area (Å²) >= 11 is 0. The Balaban J connectivity index is 0.000000135. The van der Waals surface area contributed by atoms with Crippen molar-refractivity contribution in [2.75, 3.05) is 99.1 Å². The Morgan fingerprint density at radius 1 is 0.301 bits per heavy atom. The van der Waals surface area contributed by atoms with Gasteiger partial charge in [-0.25, -0.2) is 0 Å². The second-order valence-electron chi connectivity index (χ2n) is 30.6. The first-order chi connectivity index (χ1) is 54.9. The lowest BCUT2D eigenvalue weighted by Gasteiger charge is -2.26. The van der Waals surface area contributed by atoms with E-state index in [-0.39, 0.29) is 36.1 Å². The molecule has 0 bridgehead atoms. The van der Waals surface area contributed by atoms with Crippen molar-refractivity contribution in [3.05, 3.63) is 232 Å². The minimum Gasteiger partial charge on any atom is -0.491 e. The molecule has 8 saturated heterocycles. The molecule has 8 aliphatic heterocycles. The number of hydrogen-bond acceptors (Lipinski definition) is 17. The van der Waals surface area contributed by atoms with Gasteiger partial charge in [0.2, 0.25) is 6.29 Å². The third kappa shape index (κ3) is 30.1. The molecule has 9 aromatic rings. The van der Waals surface area contributed by atoms with Crippen LogP contribution in [0.25, 0.3) is 21.9 Å².